The minimum atomic E-state index is -1.08. The molecule has 0 radical (unpaired) electrons. The number of ether oxygens (including phenoxy) is 3. The molecular weight excluding hydrogens is 536 g/mol. The average molecular weight is 556 g/mol. The van der Waals surface area contributed by atoms with Crippen molar-refractivity contribution in [2.45, 2.75) is 6.92 Å². The van der Waals surface area contributed by atoms with Crippen LogP contribution in [0.4, 0.5) is 0 Å². The largest absolute Gasteiger partial charge is 0.490 e. The summed E-state index contributed by atoms with van der Waals surface area (Å²) in [5, 5.41) is 12.7. The molecule has 0 unspecified atom stereocenters. The Hall–Kier alpha value is -2.85. The number of carbonyl (C=O) groups excluding carboxylic acids is 1. The number of carbonyl (C=O) groups is 2. The number of aliphatic carboxylic acids is 1. The van der Waals surface area contributed by atoms with Gasteiger partial charge in [0, 0.05) is 5.56 Å². The van der Waals surface area contributed by atoms with Crippen LogP contribution in [0, 0.1) is 0 Å². The van der Waals surface area contributed by atoms with E-state index in [4.69, 9.17) is 19.3 Å². The predicted molar refractivity (Wildman–Crippen MR) is 123 cm³/mol. The number of hydrogen-bond acceptors (Lipinski definition) is 6. The number of nitrogens with zero attached hydrogens (tertiary/aromatic N) is 1. The molecule has 2 N–H and O–H groups in total. The smallest absolute Gasteiger partial charge is 0.341 e. The van der Waals surface area contributed by atoms with E-state index in [1.54, 1.807) is 36.4 Å². The maximum Gasteiger partial charge on any atom is 0.341 e. The number of benzene rings is 2. The number of hydrazone groups is 1. The van der Waals surface area contributed by atoms with Crippen LogP contribution < -0.4 is 19.6 Å². The van der Waals surface area contributed by atoms with Crippen LogP contribution in [0.3, 0.4) is 0 Å². The first-order chi connectivity index (χ1) is 14.8. The molecule has 31 heavy (non-hydrogen) atoms. The summed E-state index contributed by atoms with van der Waals surface area (Å²) in [4.78, 5) is 23.1. The Kier molecular flexibility index (Phi) is 9.54. The molecule has 10 heteroatoms. The van der Waals surface area contributed by atoms with Gasteiger partial charge < -0.3 is 19.3 Å². The summed E-state index contributed by atoms with van der Waals surface area (Å²) in [5.74, 6) is -0.190. The highest BCUT2D eigenvalue weighted by Gasteiger charge is 2.12. The normalized spacial score (nSPS) is 10.5. The van der Waals surface area contributed by atoms with Gasteiger partial charge in [-0.3, -0.25) is 4.79 Å². The van der Waals surface area contributed by atoms with E-state index in [0.717, 1.165) is 0 Å². The van der Waals surface area contributed by atoms with Crippen molar-refractivity contribution < 1.29 is 28.9 Å². The second-order valence-corrected chi connectivity index (χ2v) is 7.60. The molecule has 8 nitrogen and oxygen atoms in total. The summed E-state index contributed by atoms with van der Waals surface area (Å²) in [5.41, 5.74) is 3.45. The van der Waals surface area contributed by atoms with Gasteiger partial charge in [0.2, 0.25) is 0 Å². The van der Waals surface area contributed by atoms with Gasteiger partial charge in [0.15, 0.2) is 18.1 Å². The highest BCUT2D eigenvalue weighted by Crippen LogP contribution is 2.34. The van der Waals surface area contributed by atoms with Gasteiger partial charge in [-0.25, -0.2) is 10.2 Å². The lowest BCUT2D eigenvalue weighted by atomic mass is 10.2. The predicted octanol–water partition coefficient (Wildman–Crippen LogP) is 4.40. The Balaban J connectivity index is 2.08. The highest BCUT2D eigenvalue weighted by molar-refractivity contribution is 9.11. The van der Waals surface area contributed by atoms with Crippen molar-refractivity contribution in [2.75, 3.05) is 19.8 Å². The minimum Gasteiger partial charge on any atom is -0.490 e. The maximum absolute atomic E-state index is 12.4. The van der Waals surface area contributed by atoms with Crippen LogP contribution in [0.15, 0.2) is 57.0 Å². The second kappa shape index (κ2) is 12.1. The fourth-order valence-electron chi connectivity index (χ4n) is 2.34. The summed E-state index contributed by atoms with van der Waals surface area (Å²) in [6.07, 6.45) is 3.06. The molecule has 0 aliphatic heterocycles. The number of carboxylic acid groups (broad SMARTS) is 1. The summed E-state index contributed by atoms with van der Waals surface area (Å²) in [6, 6.07) is 8.19. The number of amides is 1. The average Bonchev–Trinajstić information content (AvgIpc) is 2.72. The number of halogens is 2. The number of carboxylic acids is 1. The van der Waals surface area contributed by atoms with Gasteiger partial charge >= 0.3 is 5.97 Å². The van der Waals surface area contributed by atoms with Crippen molar-refractivity contribution >= 4 is 50.0 Å². The molecule has 0 aromatic heterocycles. The van der Waals surface area contributed by atoms with Crippen molar-refractivity contribution in [1.29, 1.82) is 0 Å². The van der Waals surface area contributed by atoms with Crippen molar-refractivity contribution in [1.82, 2.24) is 5.43 Å². The van der Waals surface area contributed by atoms with Crippen molar-refractivity contribution in [2.24, 2.45) is 5.10 Å². The Morgan fingerprint density at radius 1 is 1.13 bits per heavy atom. The monoisotopic (exact) mass is 554 g/mol. The molecule has 0 heterocycles. The van der Waals surface area contributed by atoms with Gasteiger partial charge in [0.1, 0.15) is 12.4 Å². The highest BCUT2D eigenvalue weighted by atomic mass is 79.9. The zero-order valence-electron chi connectivity index (χ0n) is 16.6. The fraction of sp³-hybridized carbons (Fsp3) is 0.190. The molecule has 0 aliphatic rings. The quantitative estimate of drug-likeness (QED) is 0.242. The molecule has 0 spiro atoms. The van der Waals surface area contributed by atoms with Crippen molar-refractivity contribution in [3.8, 4) is 17.2 Å². The van der Waals surface area contributed by atoms with Crippen molar-refractivity contribution in [3.05, 3.63) is 63.1 Å². The third-order valence-corrected chi connectivity index (χ3v) is 4.78. The molecule has 0 bridgehead atoms. The van der Waals surface area contributed by atoms with Gasteiger partial charge in [-0.2, -0.15) is 5.10 Å². The summed E-state index contributed by atoms with van der Waals surface area (Å²) in [7, 11) is 0. The van der Waals surface area contributed by atoms with Crippen LogP contribution >= 0.6 is 31.9 Å². The van der Waals surface area contributed by atoms with E-state index in [1.807, 2.05) is 6.92 Å². The summed E-state index contributed by atoms with van der Waals surface area (Å²) >= 11 is 6.65. The van der Waals surface area contributed by atoms with Gasteiger partial charge in [-0.05, 0) is 74.7 Å². The second-order valence-electron chi connectivity index (χ2n) is 5.89. The maximum atomic E-state index is 12.4. The first kappa shape index (κ1) is 24.4. The van der Waals surface area contributed by atoms with Crippen LogP contribution in [0.2, 0.25) is 0 Å². The third kappa shape index (κ3) is 7.41. The van der Waals surface area contributed by atoms with E-state index >= 15 is 0 Å². The van der Waals surface area contributed by atoms with Crippen LogP contribution in [-0.2, 0) is 4.79 Å². The lowest BCUT2D eigenvalue weighted by molar-refractivity contribution is -0.139. The minimum absolute atomic E-state index is 0.321. The topological polar surface area (TPSA) is 106 Å². The van der Waals surface area contributed by atoms with E-state index in [-0.39, 0.29) is 0 Å². The molecule has 0 saturated carbocycles. The lowest BCUT2D eigenvalue weighted by Crippen LogP contribution is -2.17. The molecule has 2 aromatic carbocycles. The summed E-state index contributed by atoms with van der Waals surface area (Å²) < 4.78 is 17.3. The van der Waals surface area contributed by atoms with Gasteiger partial charge in [0.05, 0.1) is 21.8 Å². The van der Waals surface area contributed by atoms with Crippen LogP contribution in [0.1, 0.15) is 22.8 Å². The standard InChI is InChI=1S/C21H20Br2N2O6/c1-3-7-30-17-6-5-14(10-18(17)29-4-2)21(28)25-24-11-13-8-15(22)20(16(23)9-13)31-12-19(26)27/h3,5-6,8-11H,1,4,7,12H2,2H3,(H,25,28)(H,26,27)/b24-11+. The fourth-order valence-corrected chi connectivity index (χ4v) is 3.79. The van der Waals surface area contributed by atoms with Crippen LogP contribution in [-0.4, -0.2) is 43.0 Å². The zero-order chi connectivity index (χ0) is 22.8. The molecule has 1 amide bonds. The zero-order valence-corrected chi connectivity index (χ0v) is 19.7. The SMILES string of the molecule is C=CCOc1ccc(C(=O)N/N=C/c2cc(Br)c(OCC(=O)O)c(Br)c2)cc1OCC. The molecule has 0 aliphatic carbocycles. The van der Waals surface area contributed by atoms with E-state index in [1.165, 1.54) is 6.21 Å². The molecular formula is C21H20Br2N2O6. The molecule has 0 saturated heterocycles. The van der Waals surface area contributed by atoms with E-state index in [0.29, 0.717) is 50.5 Å². The van der Waals surface area contributed by atoms with Crippen molar-refractivity contribution in [3.63, 3.8) is 0 Å². The lowest BCUT2D eigenvalue weighted by Gasteiger charge is -2.12. The van der Waals surface area contributed by atoms with E-state index in [2.05, 4.69) is 49.0 Å². The number of nitrogens with one attached hydrogen (secondary N) is 1. The van der Waals surface area contributed by atoms with Gasteiger partial charge in [-0.15, -0.1) is 0 Å². The molecule has 164 valence electrons. The van der Waals surface area contributed by atoms with E-state index in [9.17, 15) is 9.59 Å². The summed E-state index contributed by atoms with van der Waals surface area (Å²) in [6.45, 7) is 5.71. The number of rotatable bonds is 11. The molecule has 0 atom stereocenters. The Morgan fingerprint density at radius 3 is 2.45 bits per heavy atom. The van der Waals surface area contributed by atoms with Crippen LogP contribution in [0.5, 0.6) is 17.2 Å². The van der Waals surface area contributed by atoms with Gasteiger partial charge in [0.25, 0.3) is 5.91 Å². The van der Waals surface area contributed by atoms with E-state index < -0.39 is 18.5 Å². The Morgan fingerprint density at radius 2 is 1.84 bits per heavy atom. The Labute approximate surface area is 196 Å². The van der Waals surface area contributed by atoms with Crippen LogP contribution in [0.25, 0.3) is 0 Å². The molecule has 0 fully saturated rings. The molecule has 2 rings (SSSR count). The number of hydrogen-bond donors (Lipinski definition) is 2. The Bertz CT molecular complexity index is 971. The first-order valence-electron chi connectivity index (χ1n) is 9.03. The van der Waals surface area contributed by atoms with Gasteiger partial charge in [-0.1, -0.05) is 12.7 Å². The third-order valence-electron chi connectivity index (χ3n) is 3.60. The first-order valence-corrected chi connectivity index (χ1v) is 10.6. The molecule has 2 aromatic rings.